The molecule has 62 heavy (non-hydrogen) atoms. The van der Waals surface area contributed by atoms with Crippen LogP contribution in [0.4, 0.5) is 4.79 Å². The van der Waals surface area contributed by atoms with Crippen molar-refractivity contribution >= 4 is 22.6 Å². The van der Waals surface area contributed by atoms with E-state index < -0.39 is 30.1 Å². The molecule has 2 aliphatic carbocycles. The molecule has 1 unspecified atom stereocenters. The number of carbonyl (C=O) groups excluding carboxylic acids is 1. The van der Waals surface area contributed by atoms with Crippen LogP contribution in [0, 0.1) is 17.8 Å². The average molecular weight is 852 g/mol. The first-order valence-corrected chi connectivity index (χ1v) is 23.1. The van der Waals surface area contributed by atoms with Crippen molar-refractivity contribution in [1.82, 2.24) is 9.80 Å². The van der Waals surface area contributed by atoms with Crippen molar-refractivity contribution in [3.63, 3.8) is 0 Å². The first-order valence-electron chi connectivity index (χ1n) is 23.1. The van der Waals surface area contributed by atoms with Crippen LogP contribution in [0.5, 0.6) is 11.5 Å². The predicted octanol–water partition coefficient (Wildman–Crippen LogP) is 8.35. The second-order valence-corrected chi connectivity index (χ2v) is 17.3. The molecule has 5 aliphatic rings. The normalized spacial score (nSPS) is 27.1. The van der Waals surface area contributed by atoms with E-state index in [1.54, 1.807) is 11.0 Å². The van der Waals surface area contributed by atoms with Crippen molar-refractivity contribution < 1.29 is 43.5 Å². The Hall–Kier alpha value is -4.46. The molecular weight excluding hydrogens is 787 g/mol. The number of amides is 1. The molecule has 3 aromatic carbocycles. The zero-order valence-corrected chi connectivity index (χ0v) is 36.3. The smallest absolute Gasteiger partial charge is 0.410 e. The van der Waals surface area contributed by atoms with Crippen LogP contribution in [0.3, 0.4) is 0 Å². The van der Waals surface area contributed by atoms with Crippen molar-refractivity contribution in [3.8, 4) is 11.5 Å². The minimum absolute atomic E-state index is 0.0906. The summed E-state index contributed by atoms with van der Waals surface area (Å²) in [6, 6.07) is 19.8. The van der Waals surface area contributed by atoms with Crippen LogP contribution in [-0.4, -0.2) is 109 Å². The highest BCUT2D eigenvalue weighted by atomic mass is 16.8. The Morgan fingerprint density at radius 1 is 1.03 bits per heavy atom. The van der Waals surface area contributed by atoms with E-state index in [1.807, 2.05) is 37.3 Å². The largest absolute Gasteiger partial charge is 0.492 e. The second-order valence-electron chi connectivity index (χ2n) is 17.3. The summed E-state index contributed by atoms with van der Waals surface area (Å²) in [4.78, 5) is 25.2. The van der Waals surface area contributed by atoms with Crippen molar-refractivity contribution in [2.24, 2.45) is 22.9 Å². The molecule has 3 heterocycles. The Bertz CT molecular complexity index is 2040. The van der Waals surface area contributed by atoms with Crippen LogP contribution in [0.15, 0.2) is 90.1 Å². The number of nitrogens with zero attached hydrogens (tertiary/aromatic N) is 3. The van der Waals surface area contributed by atoms with Crippen LogP contribution in [-0.2, 0) is 25.6 Å². The quantitative estimate of drug-likeness (QED) is 0.0467. The molecule has 2 saturated heterocycles. The zero-order chi connectivity index (χ0) is 42.9. The van der Waals surface area contributed by atoms with Gasteiger partial charge in [0.15, 0.2) is 0 Å². The van der Waals surface area contributed by atoms with Gasteiger partial charge in [0.25, 0.3) is 0 Å². The van der Waals surface area contributed by atoms with Gasteiger partial charge in [-0.15, -0.1) is 6.58 Å². The summed E-state index contributed by atoms with van der Waals surface area (Å²) < 4.78 is 33.0. The van der Waals surface area contributed by atoms with E-state index in [0.29, 0.717) is 31.8 Å². The number of hydrogen-bond donors (Lipinski definition) is 2. The summed E-state index contributed by atoms with van der Waals surface area (Å²) in [6.07, 6.45) is 10.9. The molecule has 12 nitrogen and oxygen atoms in total. The van der Waals surface area contributed by atoms with Crippen LogP contribution in [0.25, 0.3) is 10.8 Å². The number of rotatable bonds is 21. The fourth-order valence-corrected chi connectivity index (χ4v) is 10.4. The van der Waals surface area contributed by atoms with Gasteiger partial charge in [0.2, 0.25) is 12.1 Å². The van der Waals surface area contributed by atoms with Gasteiger partial charge in [-0.2, -0.15) is 0 Å². The Labute approximate surface area is 366 Å². The van der Waals surface area contributed by atoms with Gasteiger partial charge in [-0.05, 0) is 97.4 Å². The molecule has 3 aromatic rings. The summed E-state index contributed by atoms with van der Waals surface area (Å²) in [6.45, 7) is 11.0. The third kappa shape index (κ3) is 9.70. The highest BCUT2D eigenvalue weighted by molar-refractivity contribution is 6.03. The van der Waals surface area contributed by atoms with E-state index in [0.717, 1.165) is 104 Å². The summed E-state index contributed by atoms with van der Waals surface area (Å²) in [5.74, 6) is -0.376. The lowest BCUT2D eigenvalue weighted by Gasteiger charge is -2.60. The molecule has 334 valence electrons. The van der Waals surface area contributed by atoms with Crippen molar-refractivity contribution in [2.75, 3.05) is 59.3 Å². The monoisotopic (exact) mass is 851 g/mol. The third-order valence-electron chi connectivity index (χ3n) is 13.4. The standard InChI is InChI=1S/C50H65N3O9/c1-3-28-60-50-45(53(49(56)57-4-2)34-37-17-13-16-35-14-5-6-18-39(35)37)33-43(51-62-46-20-9-12-29-59-46)41-31-36(15-7-10-26-54)40(19-8-11-27-55)47(48(41)50)42-32-38(21-22-44(42)61-50)58-30-25-52-23-24-52/h3,5-6,13-14,16-18,21-22,31-32,36,40,45-48,54-55H,1,4,7-12,15,19-20,23-30,33-34H2,2H3/t36-,40+,45-,46?,47+,48+,50+/m0/s1. The summed E-state index contributed by atoms with van der Waals surface area (Å²) in [5, 5.41) is 27.1. The van der Waals surface area contributed by atoms with Gasteiger partial charge in [0, 0.05) is 57.2 Å². The SMILES string of the molecule is C=CCO[C@@]12Oc3ccc(OCCN4CC4)cc3[C@H]3[C@H](CCCCO)[C@@H](CCCCO)C=C(C(=NOC4CCCCO4)C[C@@H]1N(Cc1cccc4ccccc14)C(=O)OCC)[C@H]32. The van der Waals surface area contributed by atoms with Gasteiger partial charge in [0.05, 0.1) is 38.0 Å². The average Bonchev–Trinajstić information content (AvgIpc) is 4.13. The Morgan fingerprint density at radius 2 is 1.85 bits per heavy atom. The molecule has 8 rings (SSSR count). The minimum Gasteiger partial charge on any atom is -0.492 e. The number of benzene rings is 3. The maximum absolute atomic E-state index is 14.7. The molecule has 2 N–H and O–H groups in total. The van der Waals surface area contributed by atoms with E-state index >= 15 is 0 Å². The molecule has 12 heteroatoms. The van der Waals surface area contributed by atoms with E-state index in [2.05, 4.69) is 47.9 Å². The number of unbranched alkanes of at least 4 members (excludes halogenated alkanes) is 2. The number of allylic oxidation sites excluding steroid dienone is 1. The Balaban J connectivity index is 1.32. The summed E-state index contributed by atoms with van der Waals surface area (Å²) in [7, 11) is 0. The van der Waals surface area contributed by atoms with Gasteiger partial charge in [-0.25, -0.2) is 4.79 Å². The van der Waals surface area contributed by atoms with Crippen molar-refractivity contribution in [3.05, 3.63) is 96.1 Å². The lowest BCUT2D eigenvalue weighted by atomic mass is 9.55. The number of oxime groups is 1. The molecule has 0 aromatic heterocycles. The van der Waals surface area contributed by atoms with Crippen molar-refractivity contribution in [2.45, 2.75) is 102 Å². The lowest BCUT2D eigenvalue weighted by Crippen LogP contribution is -2.70. The highest BCUT2D eigenvalue weighted by Gasteiger charge is 2.65. The van der Waals surface area contributed by atoms with E-state index in [1.165, 1.54) is 0 Å². The first-order chi connectivity index (χ1) is 30.5. The molecule has 7 atom stereocenters. The maximum Gasteiger partial charge on any atom is 0.410 e. The van der Waals surface area contributed by atoms with Gasteiger partial charge < -0.3 is 38.7 Å². The number of hydrogen-bond acceptors (Lipinski definition) is 11. The predicted molar refractivity (Wildman–Crippen MR) is 238 cm³/mol. The molecule has 3 fully saturated rings. The van der Waals surface area contributed by atoms with Crippen LogP contribution < -0.4 is 9.47 Å². The topological polar surface area (TPSA) is 132 Å². The molecule has 0 bridgehead atoms. The highest BCUT2D eigenvalue weighted by Crippen LogP contribution is 2.62. The summed E-state index contributed by atoms with van der Waals surface area (Å²) in [5.41, 5.74) is 3.69. The van der Waals surface area contributed by atoms with Crippen LogP contribution in [0.2, 0.25) is 0 Å². The van der Waals surface area contributed by atoms with Crippen LogP contribution in [0.1, 0.15) is 88.2 Å². The maximum atomic E-state index is 14.7. The number of fused-ring (bicyclic) bond motifs is 3. The zero-order valence-electron chi connectivity index (χ0n) is 36.3. The fraction of sp³-hybridized carbons (Fsp3) is 0.560. The summed E-state index contributed by atoms with van der Waals surface area (Å²) >= 11 is 0. The number of ether oxygens (including phenoxy) is 5. The first kappa shape index (κ1) is 44.2. The molecule has 1 amide bonds. The van der Waals surface area contributed by atoms with E-state index in [-0.39, 0.29) is 57.1 Å². The van der Waals surface area contributed by atoms with Crippen LogP contribution >= 0.6 is 0 Å². The molecular formula is C50H65N3O9. The van der Waals surface area contributed by atoms with E-state index in [9.17, 15) is 15.0 Å². The second kappa shape index (κ2) is 20.8. The molecule has 0 radical (unpaired) electrons. The molecule has 0 spiro atoms. The van der Waals surface area contributed by atoms with Crippen molar-refractivity contribution in [1.29, 1.82) is 0 Å². The third-order valence-corrected chi connectivity index (χ3v) is 13.4. The molecule has 1 saturated carbocycles. The number of aliphatic hydroxyl groups is 2. The molecule has 3 aliphatic heterocycles. The lowest BCUT2D eigenvalue weighted by molar-refractivity contribution is -0.256. The van der Waals surface area contributed by atoms with Gasteiger partial charge in [0.1, 0.15) is 24.1 Å². The van der Waals surface area contributed by atoms with Gasteiger partial charge >= 0.3 is 6.09 Å². The van der Waals surface area contributed by atoms with Gasteiger partial charge in [-0.1, -0.05) is 72.6 Å². The van der Waals surface area contributed by atoms with E-state index in [4.69, 9.17) is 33.7 Å². The number of aliphatic hydroxyl groups excluding tert-OH is 2. The fourth-order valence-electron chi connectivity index (χ4n) is 10.4. The minimum atomic E-state index is -1.41. The van der Waals surface area contributed by atoms with Gasteiger partial charge in [-0.3, -0.25) is 9.80 Å². The number of carbonyl (C=O) groups is 1. The Kier molecular flexibility index (Phi) is 14.8. The Morgan fingerprint density at radius 3 is 2.63 bits per heavy atom.